The predicted octanol–water partition coefficient (Wildman–Crippen LogP) is 4.41. The Morgan fingerprint density at radius 3 is 1.96 bits per heavy atom. The number of allylic oxidation sites excluding steroid dienone is 1. The minimum atomic E-state index is -0.164. The van der Waals surface area contributed by atoms with Gasteiger partial charge < -0.3 is 23.8 Å². The fourth-order valence-corrected chi connectivity index (χ4v) is 3.16. The van der Waals surface area contributed by atoms with E-state index in [1.165, 1.54) is 0 Å². The van der Waals surface area contributed by atoms with E-state index in [2.05, 4.69) is 15.9 Å². The Morgan fingerprint density at radius 2 is 1.43 bits per heavy atom. The molecular formula is C21H24BrNO5. The molecule has 0 unspecified atom stereocenters. The molecule has 2 aromatic carbocycles. The number of Topliss-reactive ketones (excluding diaryl/α,β-unsaturated/α-hetero) is 1. The Kier molecular flexibility index (Phi) is 7.34. The third-order valence-corrected chi connectivity index (χ3v) is 4.75. The summed E-state index contributed by atoms with van der Waals surface area (Å²) in [5, 5.41) is 0. The lowest BCUT2D eigenvalue weighted by Crippen LogP contribution is -2.11. The van der Waals surface area contributed by atoms with Gasteiger partial charge in [0.1, 0.15) is 11.5 Å². The van der Waals surface area contributed by atoms with Gasteiger partial charge in [-0.15, -0.1) is 0 Å². The van der Waals surface area contributed by atoms with Crippen LogP contribution in [0.5, 0.6) is 23.0 Å². The number of carbonyl (C=O) groups is 1. The van der Waals surface area contributed by atoms with Gasteiger partial charge in [-0.05, 0) is 46.3 Å². The Morgan fingerprint density at radius 1 is 0.857 bits per heavy atom. The standard InChI is InChI=1S/C21H24BrNO5/c1-23(2)16-10-13(7-8-17(16)25-3)21(24)15(22)9-14-11-19(27-5)20(28-6)12-18(14)26-4/h7-12H,1-6H3/b15-9+. The molecule has 0 aliphatic heterocycles. The summed E-state index contributed by atoms with van der Waals surface area (Å²) in [4.78, 5) is 14.8. The van der Waals surface area contributed by atoms with Gasteiger partial charge in [-0.1, -0.05) is 0 Å². The number of ketones is 1. The zero-order valence-electron chi connectivity index (χ0n) is 16.8. The van der Waals surface area contributed by atoms with Crippen molar-refractivity contribution in [2.24, 2.45) is 0 Å². The van der Waals surface area contributed by atoms with Crippen LogP contribution in [-0.4, -0.2) is 48.3 Å². The number of hydrogen-bond donors (Lipinski definition) is 0. The number of rotatable bonds is 8. The molecule has 0 aliphatic carbocycles. The Balaban J connectivity index is 2.45. The summed E-state index contributed by atoms with van der Waals surface area (Å²) in [5.74, 6) is 2.18. The average Bonchev–Trinajstić information content (AvgIpc) is 2.71. The monoisotopic (exact) mass is 449 g/mol. The van der Waals surface area contributed by atoms with E-state index in [4.69, 9.17) is 18.9 Å². The number of benzene rings is 2. The minimum Gasteiger partial charge on any atom is -0.496 e. The van der Waals surface area contributed by atoms with E-state index >= 15 is 0 Å². The first-order chi connectivity index (χ1) is 13.4. The van der Waals surface area contributed by atoms with E-state index < -0.39 is 0 Å². The van der Waals surface area contributed by atoms with Crippen LogP contribution in [0.3, 0.4) is 0 Å². The maximum Gasteiger partial charge on any atom is 0.200 e. The number of methoxy groups -OCH3 is 4. The molecule has 0 spiro atoms. The van der Waals surface area contributed by atoms with Crippen LogP contribution in [0.15, 0.2) is 34.8 Å². The van der Waals surface area contributed by atoms with Gasteiger partial charge in [0, 0.05) is 31.3 Å². The zero-order chi connectivity index (χ0) is 20.8. The van der Waals surface area contributed by atoms with Crippen molar-refractivity contribution in [3.63, 3.8) is 0 Å². The number of anilines is 1. The zero-order valence-corrected chi connectivity index (χ0v) is 18.4. The Labute approximate surface area is 173 Å². The summed E-state index contributed by atoms with van der Waals surface area (Å²) in [6.07, 6.45) is 1.70. The average molecular weight is 450 g/mol. The van der Waals surface area contributed by atoms with Crippen molar-refractivity contribution in [1.29, 1.82) is 0 Å². The smallest absolute Gasteiger partial charge is 0.200 e. The summed E-state index contributed by atoms with van der Waals surface area (Å²) in [5.41, 5.74) is 2.03. The van der Waals surface area contributed by atoms with Crippen LogP contribution in [0.2, 0.25) is 0 Å². The van der Waals surface area contributed by atoms with Crippen LogP contribution < -0.4 is 23.8 Å². The lowest BCUT2D eigenvalue weighted by atomic mass is 10.1. The van der Waals surface area contributed by atoms with Crippen molar-refractivity contribution >= 4 is 33.5 Å². The van der Waals surface area contributed by atoms with E-state index in [9.17, 15) is 4.79 Å². The number of ether oxygens (including phenoxy) is 4. The fourth-order valence-electron chi connectivity index (χ4n) is 2.69. The molecule has 0 aromatic heterocycles. The van der Waals surface area contributed by atoms with Gasteiger partial charge in [0.15, 0.2) is 17.3 Å². The van der Waals surface area contributed by atoms with Crippen LogP contribution >= 0.6 is 15.9 Å². The van der Waals surface area contributed by atoms with Gasteiger partial charge in [0.05, 0.1) is 38.6 Å². The molecule has 0 bridgehead atoms. The molecule has 7 heteroatoms. The van der Waals surface area contributed by atoms with Crippen molar-refractivity contribution < 1.29 is 23.7 Å². The van der Waals surface area contributed by atoms with E-state index in [-0.39, 0.29) is 5.78 Å². The highest BCUT2D eigenvalue weighted by Gasteiger charge is 2.16. The molecule has 0 amide bonds. The molecule has 2 rings (SSSR count). The summed E-state index contributed by atoms with van der Waals surface area (Å²) < 4.78 is 21.8. The molecule has 0 saturated carbocycles. The molecule has 0 saturated heterocycles. The third kappa shape index (κ3) is 4.59. The molecule has 0 N–H and O–H groups in total. The van der Waals surface area contributed by atoms with E-state index in [1.807, 2.05) is 19.0 Å². The summed E-state index contributed by atoms with van der Waals surface area (Å²) >= 11 is 3.40. The van der Waals surface area contributed by atoms with Gasteiger partial charge in [-0.2, -0.15) is 0 Å². The fraction of sp³-hybridized carbons (Fsp3) is 0.286. The minimum absolute atomic E-state index is 0.164. The highest BCUT2D eigenvalue weighted by Crippen LogP contribution is 2.36. The van der Waals surface area contributed by atoms with Crippen LogP contribution in [0.1, 0.15) is 15.9 Å². The van der Waals surface area contributed by atoms with Crippen LogP contribution in [0.4, 0.5) is 5.69 Å². The third-order valence-electron chi connectivity index (χ3n) is 4.16. The van der Waals surface area contributed by atoms with Crippen molar-refractivity contribution in [1.82, 2.24) is 0 Å². The lowest BCUT2D eigenvalue weighted by Gasteiger charge is -2.17. The van der Waals surface area contributed by atoms with Crippen LogP contribution in [0.25, 0.3) is 6.08 Å². The SMILES string of the molecule is COc1cc(OC)c(OC)cc1/C=C(/Br)C(=O)c1ccc(OC)c(N(C)C)c1. The largest absolute Gasteiger partial charge is 0.496 e. The molecule has 0 fully saturated rings. The quantitative estimate of drug-likeness (QED) is 0.439. The molecule has 28 heavy (non-hydrogen) atoms. The predicted molar refractivity (Wildman–Crippen MR) is 115 cm³/mol. The highest BCUT2D eigenvalue weighted by molar-refractivity contribution is 9.12. The van der Waals surface area contributed by atoms with Gasteiger partial charge in [-0.3, -0.25) is 4.79 Å². The second-order valence-corrected chi connectivity index (χ2v) is 6.91. The molecule has 0 aliphatic rings. The molecule has 6 nitrogen and oxygen atoms in total. The normalized spacial score (nSPS) is 11.0. The van der Waals surface area contributed by atoms with Crippen molar-refractivity contribution in [3.8, 4) is 23.0 Å². The highest BCUT2D eigenvalue weighted by atomic mass is 79.9. The van der Waals surface area contributed by atoms with E-state index in [0.717, 1.165) is 5.69 Å². The van der Waals surface area contributed by atoms with Crippen molar-refractivity contribution in [2.75, 3.05) is 47.4 Å². The lowest BCUT2D eigenvalue weighted by molar-refractivity contribution is 0.104. The van der Waals surface area contributed by atoms with Gasteiger partial charge in [0.25, 0.3) is 0 Å². The number of hydrogen-bond acceptors (Lipinski definition) is 6. The van der Waals surface area contributed by atoms with E-state index in [1.54, 1.807) is 64.8 Å². The van der Waals surface area contributed by atoms with Gasteiger partial charge >= 0.3 is 0 Å². The maximum absolute atomic E-state index is 12.9. The first kappa shape index (κ1) is 21.6. The van der Waals surface area contributed by atoms with Crippen LogP contribution in [0, 0.1) is 0 Å². The van der Waals surface area contributed by atoms with Crippen molar-refractivity contribution in [3.05, 3.63) is 45.9 Å². The Bertz CT molecular complexity index is 893. The molecule has 0 heterocycles. The summed E-state index contributed by atoms with van der Waals surface area (Å²) in [7, 11) is 10.1. The summed E-state index contributed by atoms with van der Waals surface area (Å²) in [6, 6.07) is 8.77. The number of nitrogens with zero attached hydrogens (tertiary/aromatic N) is 1. The second kappa shape index (κ2) is 9.50. The topological polar surface area (TPSA) is 57.2 Å². The molecule has 150 valence electrons. The Hall–Kier alpha value is -2.67. The molecule has 0 radical (unpaired) electrons. The van der Waals surface area contributed by atoms with Gasteiger partial charge in [0.2, 0.25) is 0 Å². The second-order valence-electron chi connectivity index (χ2n) is 6.05. The van der Waals surface area contributed by atoms with Crippen LogP contribution in [-0.2, 0) is 0 Å². The first-order valence-electron chi connectivity index (χ1n) is 8.43. The number of halogens is 1. The van der Waals surface area contributed by atoms with Gasteiger partial charge in [-0.25, -0.2) is 0 Å². The molecule has 0 atom stereocenters. The van der Waals surface area contributed by atoms with Crippen molar-refractivity contribution in [2.45, 2.75) is 0 Å². The molecular weight excluding hydrogens is 426 g/mol. The first-order valence-corrected chi connectivity index (χ1v) is 9.22. The number of carbonyl (C=O) groups excluding carboxylic acids is 1. The maximum atomic E-state index is 12.9. The summed E-state index contributed by atoms with van der Waals surface area (Å²) in [6.45, 7) is 0. The van der Waals surface area contributed by atoms with E-state index in [0.29, 0.717) is 38.6 Å². The molecule has 2 aromatic rings.